The van der Waals surface area contributed by atoms with Crippen LogP contribution >= 0.6 is 0 Å². The number of nitrogens with one attached hydrogen (secondary N) is 2. The number of hydrogen-bond acceptors (Lipinski definition) is 4. The molecule has 1 aliphatic carbocycles. The fourth-order valence-electron chi connectivity index (χ4n) is 3.37. The van der Waals surface area contributed by atoms with Crippen molar-refractivity contribution in [3.8, 4) is 0 Å². The quantitative estimate of drug-likeness (QED) is 0.858. The summed E-state index contributed by atoms with van der Waals surface area (Å²) in [4.78, 5) is 4.48. The average molecular weight is 301 g/mol. The Hall–Kier alpha value is -1.66. The third-order valence-electron chi connectivity index (χ3n) is 4.67. The van der Waals surface area contributed by atoms with Gasteiger partial charge in [-0.25, -0.2) is 4.98 Å². The molecule has 6 heteroatoms. The first-order valence-electron chi connectivity index (χ1n) is 8.24. The molecule has 2 aromatic heterocycles. The number of hydrogen-bond donors (Lipinski definition) is 2. The summed E-state index contributed by atoms with van der Waals surface area (Å²) >= 11 is 0. The maximum Gasteiger partial charge on any atom is 0.122 e. The van der Waals surface area contributed by atoms with E-state index in [1.165, 1.54) is 19.3 Å². The van der Waals surface area contributed by atoms with Crippen LogP contribution < -0.4 is 5.32 Å². The second-order valence-electron chi connectivity index (χ2n) is 6.34. The lowest BCUT2D eigenvalue weighted by molar-refractivity contribution is -0.0279. The molecule has 0 bridgehead atoms. The minimum atomic E-state index is 0.156. The van der Waals surface area contributed by atoms with Gasteiger partial charge >= 0.3 is 0 Å². The fourth-order valence-corrected chi connectivity index (χ4v) is 3.37. The Bertz CT molecular complexity index is 589. The van der Waals surface area contributed by atoms with E-state index in [2.05, 4.69) is 31.3 Å². The molecule has 2 N–H and O–H groups in total. The molecular weight excluding hydrogens is 278 g/mol. The number of rotatable bonds is 6. The van der Waals surface area contributed by atoms with Gasteiger partial charge in [0.1, 0.15) is 5.82 Å². The molecule has 1 aliphatic heterocycles. The van der Waals surface area contributed by atoms with Crippen molar-refractivity contribution in [1.82, 2.24) is 25.1 Å². The van der Waals surface area contributed by atoms with Crippen molar-refractivity contribution in [1.29, 1.82) is 0 Å². The number of ether oxygens (including phenoxy) is 1. The van der Waals surface area contributed by atoms with Crippen molar-refractivity contribution in [2.45, 2.75) is 44.4 Å². The van der Waals surface area contributed by atoms with Crippen molar-refractivity contribution in [2.75, 3.05) is 13.2 Å². The van der Waals surface area contributed by atoms with Gasteiger partial charge in [-0.05, 0) is 25.7 Å². The van der Waals surface area contributed by atoms with Gasteiger partial charge in [-0.3, -0.25) is 5.10 Å². The van der Waals surface area contributed by atoms with Crippen LogP contribution in [0.15, 0.2) is 24.8 Å². The summed E-state index contributed by atoms with van der Waals surface area (Å²) < 4.78 is 8.29. The maximum absolute atomic E-state index is 5.97. The van der Waals surface area contributed by atoms with Crippen LogP contribution in [0.1, 0.15) is 49.2 Å². The number of aromatic amines is 1. The standard InChI is InChI=1S/C16H23N5O/c1-2-12(16(22-7-1)13-9-19-20-10-13)8-17-11-15-18-5-6-21(15)14-3-4-14/h5-6,9-10,12,14,16-17H,1-4,7-8,11H2,(H,19,20)/t12-,16+/m0/s1. The molecule has 22 heavy (non-hydrogen) atoms. The van der Waals surface area contributed by atoms with E-state index in [1.54, 1.807) is 0 Å². The highest BCUT2D eigenvalue weighted by Gasteiger charge is 2.28. The van der Waals surface area contributed by atoms with Gasteiger partial charge in [0, 0.05) is 49.3 Å². The van der Waals surface area contributed by atoms with E-state index in [0.29, 0.717) is 12.0 Å². The van der Waals surface area contributed by atoms with Gasteiger partial charge in [0.15, 0.2) is 0 Å². The van der Waals surface area contributed by atoms with Crippen molar-refractivity contribution in [3.05, 3.63) is 36.2 Å². The molecule has 4 rings (SSSR count). The zero-order chi connectivity index (χ0) is 14.8. The Morgan fingerprint density at radius 3 is 3.14 bits per heavy atom. The van der Waals surface area contributed by atoms with Gasteiger partial charge in [-0.2, -0.15) is 5.10 Å². The Balaban J connectivity index is 1.34. The van der Waals surface area contributed by atoms with Crippen LogP contribution in [0, 0.1) is 5.92 Å². The molecule has 0 radical (unpaired) electrons. The second-order valence-corrected chi connectivity index (χ2v) is 6.34. The van der Waals surface area contributed by atoms with Crippen LogP contribution in [0.3, 0.4) is 0 Å². The van der Waals surface area contributed by atoms with E-state index < -0.39 is 0 Å². The topological polar surface area (TPSA) is 67.8 Å². The molecule has 2 aliphatic rings. The Morgan fingerprint density at radius 2 is 2.32 bits per heavy atom. The van der Waals surface area contributed by atoms with E-state index in [1.807, 2.05) is 18.6 Å². The Kier molecular flexibility index (Phi) is 3.95. The SMILES string of the molecule is c1cn(C2CC2)c(CNC[C@@H]2CCCO[C@H]2c2cn[nH]c2)n1. The van der Waals surface area contributed by atoms with E-state index in [4.69, 9.17) is 4.74 Å². The third kappa shape index (κ3) is 2.94. The van der Waals surface area contributed by atoms with Crippen molar-refractivity contribution in [2.24, 2.45) is 5.92 Å². The highest BCUT2D eigenvalue weighted by atomic mass is 16.5. The van der Waals surface area contributed by atoms with Crippen molar-refractivity contribution in [3.63, 3.8) is 0 Å². The maximum atomic E-state index is 5.97. The highest BCUT2D eigenvalue weighted by molar-refractivity contribution is 5.09. The third-order valence-corrected chi connectivity index (χ3v) is 4.67. The molecular formula is C16H23N5O. The lowest BCUT2D eigenvalue weighted by Crippen LogP contribution is -2.32. The lowest BCUT2D eigenvalue weighted by Gasteiger charge is -2.31. The summed E-state index contributed by atoms with van der Waals surface area (Å²) in [6.07, 6.45) is 12.9. The zero-order valence-corrected chi connectivity index (χ0v) is 12.7. The normalized spacial score (nSPS) is 25.5. The molecule has 0 unspecified atom stereocenters. The lowest BCUT2D eigenvalue weighted by atomic mass is 9.91. The Morgan fingerprint density at radius 1 is 1.36 bits per heavy atom. The van der Waals surface area contributed by atoms with Crippen LogP contribution in [-0.4, -0.2) is 32.9 Å². The molecule has 6 nitrogen and oxygen atoms in total. The van der Waals surface area contributed by atoms with Gasteiger partial charge in [-0.1, -0.05) is 0 Å². The molecule has 0 spiro atoms. The first kappa shape index (κ1) is 14.0. The van der Waals surface area contributed by atoms with Crippen molar-refractivity contribution >= 4 is 0 Å². The molecule has 0 aromatic carbocycles. The molecule has 1 saturated heterocycles. The average Bonchev–Trinajstić information content (AvgIpc) is 3.06. The number of imidazole rings is 1. The first-order chi connectivity index (χ1) is 10.9. The predicted molar refractivity (Wildman–Crippen MR) is 82.2 cm³/mol. The first-order valence-corrected chi connectivity index (χ1v) is 8.24. The van der Waals surface area contributed by atoms with Gasteiger partial charge < -0.3 is 14.6 Å². The predicted octanol–water partition coefficient (Wildman–Crippen LogP) is 2.20. The monoisotopic (exact) mass is 301 g/mol. The number of nitrogens with zero attached hydrogens (tertiary/aromatic N) is 3. The summed E-state index contributed by atoms with van der Waals surface area (Å²) in [6, 6.07) is 0.691. The minimum absolute atomic E-state index is 0.156. The van der Waals surface area contributed by atoms with Crippen LogP contribution in [-0.2, 0) is 11.3 Å². The molecule has 3 heterocycles. The van der Waals surface area contributed by atoms with Crippen molar-refractivity contribution < 1.29 is 4.74 Å². The summed E-state index contributed by atoms with van der Waals surface area (Å²) in [5.74, 6) is 1.65. The van der Waals surface area contributed by atoms with Crippen LogP contribution in [0.2, 0.25) is 0 Å². The molecule has 2 aromatic rings. The second kappa shape index (κ2) is 6.22. The van der Waals surface area contributed by atoms with Crippen LogP contribution in [0.4, 0.5) is 0 Å². The van der Waals surface area contributed by atoms with E-state index in [9.17, 15) is 0 Å². The summed E-state index contributed by atoms with van der Waals surface area (Å²) in [5.41, 5.74) is 1.16. The largest absolute Gasteiger partial charge is 0.373 e. The van der Waals surface area contributed by atoms with E-state index in [-0.39, 0.29) is 6.10 Å². The smallest absolute Gasteiger partial charge is 0.122 e. The van der Waals surface area contributed by atoms with Gasteiger partial charge in [0.05, 0.1) is 18.8 Å². The number of aromatic nitrogens is 4. The summed E-state index contributed by atoms with van der Waals surface area (Å²) in [7, 11) is 0. The summed E-state index contributed by atoms with van der Waals surface area (Å²) in [6.45, 7) is 2.63. The molecule has 0 amide bonds. The highest BCUT2D eigenvalue weighted by Crippen LogP contribution is 2.35. The van der Waals surface area contributed by atoms with Gasteiger partial charge in [0.25, 0.3) is 0 Å². The summed E-state index contributed by atoms with van der Waals surface area (Å²) in [5, 5.41) is 10.5. The van der Waals surface area contributed by atoms with Gasteiger partial charge in [-0.15, -0.1) is 0 Å². The zero-order valence-electron chi connectivity index (χ0n) is 12.7. The van der Waals surface area contributed by atoms with Gasteiger partial charge in [0.2, 0.25) is 0 Å². The van der Waals surface area contributed by atoms with E-state index >= 15 is 0 Å². The fraction of sp³-hybridized carbons (Fsp3) is 0.625. The van der Waals surface area contributed by atoms with Crippen LogP contribution in [0.5, 0.6) is 0 Å². The molecule has 118 valence electrons. The van der Waals surface area contributed by atoms with Crippen LogP contribution in [0.25, 0.3) is 0 Å². The Labute approximate surface area is 130 Å². The molecule has 2 fully saturated rings. The molecule has 1 saturated carbocycles. The minimum Gasteiger partial charge on any atom is -0.373 e. The van der Waals surface area contributed by atoms with E-state index in [0.717, 1.165) is 37.5 Å². The molecule has 2 atom stereocenters. The number of H-pyrrole nitrogens is 1.